The van der Waals surface area contributed by atoms with Crippen LogP contribution in [0.4, 0.5) is 0 Å². The van der Waals surface area contributed by atoms with Crippen molar-refractivity contribution >= 4 is 23.4 Å². The molecule has 0 fully saturated rings. The summed E-state index contributed by atoms with van der Waals surface area (Å²) < 4.78 is 2.02. The minimum atomic E-state index is -0.526. The summed E-state index contributed by atoms with van der Waals surface area (Å²) in [6.45, 7) is 6.16. The van der Waals surface area contributed by atoms with Crippen molar-refractivity contribution in [1.82, 2.24) is 19.8 Å². The van der Waals surface area contributed by atoms with Crippen molar-refractivity contribution in [1.29, 1.82) is 0 Å². The van der Waals surface area contributed by atoms with Crippen LogP contribution in [-0.4, -0.2) is 31.7 Å². The highest BCUT2D eigenvalue weighted by molar-refractivity contribution is 7.99. The van der Waals surface area contributed by atoms with E-state index in [1.807, 2.05) is 19.1 Å². The molecule has 1 amide bonds. The summed E-state index contributed by atoms with van der Waals surface area (Å²) in [5.74, 6) is 0.194. The van der Waals surface area contributed by atoms with Gasteiger partial charge >= 0.3 is 5.69 Å². The van der Waals surface area contributed by atoms with E-state index in [0.29, 0.717) is 11.6 Å². The zero-order valence-electron chi connectivity index (χ0n) is 16.7. The lowest BCUT2D eigenvalue weighted by atomic mass is 10.0. The van der Waals surface area contributed by atoms with Crippen molar-refractivity contribution < 1.29 is 4.79 Å². The van der Waals surface area contributed by atoms with E-state index in [1.54, 1.807) is 0 Å². The van der Waals surface area contributed by atoms with Gasteiger partial charge in [0.1, 0.15) is 0 Å². The van der Waals surface area contributed by atoms with Gasteiger partial charge in [-0.15, -0.1) is 0 Å². The second-order valence-electron chi connectivity index (χ2n) is 6.89. The molecule has 1 N–H and O–H groups in total. The third kappa shape index (κ3) is 5.66. The molecule has 0 atom stereocenters. The van der Waals surface area contributed by atoms with Crippen LogP contribution in [0.1, 0.15) is 31.9 Å². The molecule has 1 aromatic carbocycles. The number of hydrazone groups is 1. The monoisotopic (exact) mass is 403 g/mol. The fraction of sp³-hybridized carbons (Fsp3) is 0.421. The van der Waals surface area contributed by atoms with Crippen molar-refractivity contribution in [3.63, 3.8) is 0 Å². The van der Waals surface area contributed by atoms with E-state index in [4.69, 9.17) is 0 Å². The lowest BCUT2D eigenvalue weighted by molar-refractivity contribution is -0.118. The number of hydrogen-bond donors (Lipinski definition) is 1. The van der Waals surface area contributed by atoms with E-state index in [0.717, 1.165) is 33.0 Å². The fourth-order valence-electron chi connectivity index (χ4n) is 2.49. The molecule has 0 radical (unpaired) electrons. The highest BCUT2D eigenvalue weighted by Gasteiger charge is 2.11. The van der Waals surface area contributed by atoms with E-state index in [2.05, 4.69) is 41.6 Å². The van der Waals surface area contributed by atoms with E-state index >= 15 is 0 Å². The van der Waals surface area contributed by atoms with E-state index in [9.17, 15) is 14.4 Å². The second-order valence-corrected chi connectivity index (χ2v) is 7.86. The summed E-state index contributed by atoms with van der Waals surface area (Å²) >= 11 is 0.962. The molecule has 8 nitrogen and oxygen atoms in total. The van der Waals surface area contributed by atoms with Gasteiger partial charge in [0.15, 0.2) is 5.03 Å². The average Bonchev–Trinajstić information content (AvgIpc) is 2.66. The number of carbonyl (C=O) groups excluding carboxylic acids is 1. The largest absolute Gasteiger partial charge is 0.346 e. The van der Waals surface area contributed by atoms with Gasteiger partial charge < -0.3 is 0 Å². The Labute approximate surface area is 167 Å². The molecule has 28 heavy (non-hydrogen) atoms. The van der Waals surface area contributed by atoms with Crippen LogP contribution in [0.5, 0.6) is 0 Å². The molecule has 0 aliphatic rings. The lowest BCUT2D eigenvalue weighted by Gasteiger charge is -2.07. The first-order chi connectivity index (χ1) is 13.2. The lowest BCUT2D eigenvalue weighted by Crippen LogP contribution is -2.39. The topological polar surface area (TPSA) is 98.3 Å². The number of rotatable bonds is 7. The predicted octanol–water partition coefficient (Wildman–Crippen LogP) is 1.31. The number of nitrogens with zero attached hydrogens (tertiary/aromatic N) is 4. The third-order valence-electron chi connectivity index (χ3n) is 4.00. The van der Waals surface area contributed by atoms with Gasteiger partial charge in [0.05, 0.1) is 11.5 Å². The van der Waals surface area contributed by atoms with Crippen molar-refractivity contribution in [2.45, 2.75) is 32.2 Å². The Balaban J connectivity index is 1.96. The molecule has 0 spiro atoms. The number of carbonyl (C=O) groups is 1. The highest BCUT2D eigenvalue weighted by Crippen LogP contribution is 2.11. The molecule has 1 aromatic heterocycles. The minimum absolute atomic E-state index is 0.0372. The first-order valence-corrected chi connectivity index (χ1v) is 9.87. The summed E-state index contributed by atoms with van der Waals surface area (Å²) in [6, 6.07) is 8.09. The van der Waals surface area contributed by atoms with E-state index in [1.165, 1.54) is 19.7 Å². The Hall–Kier alpha value is -2.68. The van der Waals surface area contributed by atoms with Gasteiger partial charge in [0, 0.05) is 14.1 Å². The van der Waals surface area contributed by atoms with Crippen LogP contribution in [0.25, 0.3) is 0 Å². The smallest absolute Gasteiger partial charge is 0.272 e. The maximum absolute atomic E-state index is 12.0. The normalized spacial score (nSPS) is 11.7. The van der Waals surface area contributed by atoms with Crippen molar-refractivity contribution in [2.75, 3.05) is 5.75 Å². The zero-order valence-corrected chi connectivity index (χ0v) is 17.5. The Morgan fingerprint density at radius 1 is 1.21 bits per heavy atom. The fourth-order valence-corrected chi connectivity index (χ4v) is 3.26. The molecule has 2 rings (SSSR count). The molecule has 0 aliphatic heterocycles. The Morgan fingerprint density at radius 2 is 1.86 bits per heavy atom. The van der Waals surface area contributed by atoms with Gasteiger partial charge in [-0.05, 0) is 30.4 Å². The molecule has 0 bridgehead atoms. The summed E-state index contributed by atoms with van der Waals surface area (Å²) in [7, 11) is 2.82. The Bertz CT molecular complexity index is 990. The Morgan fingerprint density at radius 3 is 2.46 bits per heavy atom. The van der Waals surface area contributed by atoms with Crippen molar-refractivity contribution in [3.05, 3.63) is 56.2 Å². The van der Waals surface area contributed by atoms with Crippen molar-refractivity contribution in [2.24, 2.45) is 25.1 Å². The van der Waals surface area contributed by atoms with Gasteiger partial charge in [-0.3, -0.25) is 14.2 Å². The number of thioether (sulfide) groups is 1. The van der Waals surface area contributed by atoms with Gasteiger partial charge in [-0.1, -0.05) is 49.9 Å². The molecular formula is C19H25N5O3S. The van der Waals surface area contributed by atoms with Crippen LogP contribution in [0.3, 0.4) is 0 Å². The molecule has 0 saturated carbocycles. The van der Waals surface area contributed by atoms with Gasteiger partial charge in [-0.2, -0.15) is 10.2 Å². The molecule has 0 saturated heterocycles. The van der Waals surface area contributed by atoms with Gasteiger partial charge in [0.2, 0.25) is 5.91 Å². The molecule has 0 unspecified atom stereocenters. The summed E-state index contributed by atoms with van der Waals surface area (Å²) in [6.07, 6.45) is 1.02. The molecule has 1 heterocycles. The first-order valence-electron chi connectivity index (χ1n) is 8.88. The van der Waals surface area contributed by atoms with Crippen LogP contribution in [-0.2, 0) is 25.3 Å². The maximum atomic E-state index is 12.0. The molecule has 150 valence electrons. The number of aromatic nitrogens is 3. The van der Waals surface area contributed by atoms with Crippen LogP contribution in [0, 0.1) is 5.92 Å². The van der Waals surface area contributed by atoms with Crippen molar-refractivity contribution in [3.8, 4) is 0 Å². The van der Waals surface area contributed by atoms with E-state index < -0.39 is 11.2 Å². The molecule has 0 aliphatic carbocycles. The minimum Gasteiger partial charge on any atom is -0.272 e. The standard InChI is InChI=1S/C19H25N5O3S/c1-12(2)10-14-6-8-15(9-7-14)13(3)20-21-16(25)11-28-17-18(26)23(4)19(27)24(5)22-17/h6-9,12H,10-11H2,1-5H3,(H,21,25)/b20-13-. The summed E-state index contributed by atoms with van der Waals surface area (Å²) in [5, 5.41) is 8.09. The molecule has 2 aromatic rings. The zero-order chi connectivity index (χ0) is 20.8. The highest BCUT2D eigenvalue weighted by atomic mass is 32.2. The third-order valence-corrected chi connectivity index (χ3v) is 4.93. The number of aryl methyl sites for hydroxylation is 1. The van der Waals surface area contributed by atoms with Crippen LogP contribution in [0.2, 0.25) is 0 Å². The first kappa shape index (κ1) is 21.6. The second kappa shape index (κ2) is 9.50. The van der Waals surface area contributed by atoms with Crippen LogP contribution in [0.15, 0.2) is 44.0 Å². The number of nitrogens with one attached hydrogen (secondary N) is 1. The Kier molecular flexibility index (Phi) is 7.33. The van der Waals surface area contributed by atoms with Crippen LogP contribution >= 0.6 is 11.8 Å². The quantitative estimate of drug-likeness (QED) is 0.427. The van der Waals surface area contributed by atoms with Gasteiger partial charge in [0.25, 0.3) is 5.56 Å². The van der Waals surface area contributed by atoms with Crippen LogP contribution < -0.4 is 16.7 Å². The summed E-state index contributed by atoms with van der Waals surface area (Å²) in [4.78, 5) is 35.7. The predicted molar refractivity (Wildman–Crippen MR) is 111 cm³/mol. The number of hydrogen-bond acceptors (Lipinski definition) is 6. The average molecular weight is 404 g/mol. The number of benzene rings is 1. The molecular weight excluding hydrogens is 378 g/mol. The maximum Gasteiger partial charge on any atom is 0.346 e. The summed E-state index contributed by atoms with van der Waals surface area (Å²) in [5.41, 5.74) is 4.31. The van der Waals surface area contributed by atoms with Gasteiger partial charge in [-0.25, -0.2) is 14.9 Å². The SMILES string of the molecule is C/C(=N/NC(=O)CSc1nn(C)c(=O)n(C)c1=O)c1ccc(CC(C)C)cc1. The van der Waals surface area contributed by atoms with E-state index in [-0.39, 0.29) is 16.7 Å². The molecule has 9 heteroatoms. The number of amides is 1.